The molecule has 0 saturated carbocycles. The third kappa shape index (κ3) is 7.95. The second-order valence-electron chi connectivity index (χ2n) is 5.76. The molecule has 0 bridgehead atoms. The molecule has 0 aliphatic rings. The van der Waals surface area contributed by atoms with Crippen LogP contribution in [-0.4, -0.2) is 23.2 Å². The maximum Gasteiger partial charge on any atom is 0.164 e. The minimum atomic E-state index is 0.181. The lowest BCUT2D eigenvalue weighted by molar-refractivity contribution is 0.292. The zero-order valence-electron chi connectivity index (χ0n) is 15.3. The van der Waals surface area contributed by atoms with E-state index in [1.807, 2.05) is 18.3 Å². The predicted octanol–water partition coefficient (Wildman–Crippen LogP) is 7.56. The van der Waals surface area contributed by atoms with E-state index in [0.29, 0.717) is 16.6 Å². The molecule has 30 heavy (non-hydrogen) atoms. The molecule has 0 atom stereocenters. The molecule has 1 heterocycles. The highest BCUT2D eigenvalue weighted by Gasteiger charge is 2.15. The second-order valence-corrected chi connectivity index (χ2v) is 8.26. The first kappa shape index (κ1) is 25.3. The van der Waals surface area contributed by atoms with Crippen molar-refractivity contribution in [3.63, 3.8) is 0 Å². The number of aromatic nitrogens is 1. The fourth-order valence-corrected chi connectivity index (χ4v) is 3.96. The Balaban J connectivity index is 0.000000248. The van der Waals surface area contributed by atoms with Gasteiger partial charge >= 0.3 is 0 Å². The van der Waals surface area contributed by atoms with Crippen LogP contribution in [0.25, 0.3) is 0 Å². The minimum absolute atomic E-state index is 0.181. The summed E-state index contributed by atoms with van der Waals surface area (Å²) in [4.78, 5) is 3.96. The lowest BCUT2D eigenvalue weighted by atomic mass is 10.3. The Hall–Kier alpha value is -0.950. The summed E-state index contributed by atoms with van der Waals surface area (Å²) < 4.78 is 5.57. The summed E-state index contributed by atoms with van der Waals surface area (Å²) in [6.07, 6.45) is 3.56. The lowest BCUT2D eigenvalue weighted by Crippen LogP contribution is -2.17. The highest BCUT2D eigenvalue weighted by Crippen LogP contribution is 2.44. The van der Waals surface area contributed by atoms with Gasteiger partial charge in [0.1, 0.15) is 0 Å². The van der Waals surface area contributed by atoms with Crippen molar-refractivity contribution in [3.8, 4) is 11.5 Å². The fourth-order valence-electron chi connectivity index (χ4n) is 2.17. The molecule has 3 aromatic rings. The zero-order valence-corrected chi connectivity index (χ0v) is 19.8. The first-order chi connectivity index (χ1) is 14.3. The van der Waals surface area contributed by atoms with E-state index in [1.54, 1.807) is 6.20 Å². The SMILES string of the molecule is Clc1cc(Cl)c(Oc2c(Cl)cc(Cl)cc2Cl)c(Cl)c1.OCCNCc1cccnc1. The smallest absolute Gasteiger partial charge is 0.164 e. The van der Waals surface area contributed by atoms with Crippen LogP contribution in [0.2, 0.25) is 30.1 Å². The van der Waals surface area contributed by atoms with Gasteiger partial charge in [0.2, 0.25) is 0 Å². The van der Waals surface area contributed by atoms with Crippen LogP contribution in [-0.2, 0) is 6.54 Å². The van der Waals surface area contributed by atoms with Gasteiger partial charge in [0.05, 0.1) is 26.7 Å². The number of ether oxygens (including phenoxy) is 1. The molecule has 2 N–H and O–H groups in total. The first-order valence-electron chi connectivity index (χ1n) is 8.49. The van der Waals surface area contributed by atoms with E-state index in [-0.39, 0.29) is 38.2 Å². The minimum Gasteiger partial charge on any atom is -0.451 e. The van der Waals surface area contributed by atoms with Gasteiger partial charge in [-0.15, -0.1) is 0 Å². The van der Waals surface area contributed by atoms with Crippen LogP contribution >= 0.6 is 69.6 Å². The Labute approximate surface area is 204 Å². The Morgan fingerprint density at radius 1 is 0.833 bits per heavy atom. The molecule has 2 aromatic carbocycles. The van der Waals surface area contributed by atoms with Crippen LogP contribution in [0.3, 0.4) is 0 Å². The van der Waals surface area contributed by atoms with Gasteiger partial charge in [-0.1, -0.05) is 75.7 Å². The second kappa shape index (κ2) is 12.8. The topological polar surface area (TPSA) is 54.4 Å². The highest BCUT2D eigenvalue weighted by atomic mass is 35.5. The Kier molecular flexibility index (Phi) is 10.8. The van der Waals surface area contributed by atoms with E-state index >= 15 is 0 Å². The van der Waals surface area contributed by atoms with Crippen molar-refractivity contribution in [2.75, 3.05) is 13.2 Å². The number of hydrogen-bond acceptors (Lipinski definition) is 4. The van der Waals surface area contributed by atoms with E-state index < -0.39 is 0 Å². The molecule has 0 amide bonds. The summed E-state index contributed by atoms with van der Waals surface area (Å²) >= 11 is 35.7. The van der Waals surface area contributed by atoms with E-state index in [9.17, 15) is 0 Å². The summed E-state index contributed by atoms with van der Waals surface area (Å²) in [5, 5.41) is 13.3. The van der Waals surface area contributed by atoms with Crippen LogP contribution < -0.4 is 10.1 Å². The van der Waals surface area contributed by atoms with Gasteiger partial charge in [-0.25, -0.2) is 0 Å². The summed E-state index contributed by atoms with van der Waals surface area (Å²) in [6.45, 7) is 1.59. The largest absolute Gasteiger partial charge is 0.451 e. The Bertz CT molecular complexity index is 871. The first-order valence-corrected chi connectivity index (χ1v) is 10.8. The van der Waals surface area contributed by atoms with Crippen molar-refractivity contribution in [2.24, 2.45) is 0 Å². The Morgan fingerprint density at radius 2 is 1.33 bits per heavy atom. The number of aliphatic hydroxyl groups is 1. The molecular formula is C20H16Cl6N2O2. The van der Waals surface area contributed by atoms with E-state index in [1.165, 1.54) is 24.3 Å². The van der Waals surface area contributed by atoms with Crippen molar-refractivity contribution in [1.82, 2.24) is 10.3 Å². The number of nitrogens with zero attached hydrogens (tertiary/aromatic N) is 1. The number of benzene rings is 2. The number of nitrogens with one attached hydrogen (secondary N) is 1. The zero-order chi connectivity index (χ0) is 22.1. The van der Waals surface area contributed by atoms with Gasteiger partial charge in [-0.05, 0) is 35.9 Å². The van der Waals surface area contributed by atoms with Gasteiger partial charge in [-0.3, -0.25) is 4.98 Å². The van der Waals surface area contributed by atoms with Crippen molar-refractivity contribution in [2.45, 2.75) is 6.54 Å². The van der Waals surface area contributed by atoms with Crippen molar-refractivity contribution in [3.05, 3.63) is 84.5 Å². The van der Waals surface area contributed by atoms with Gasteiger partial charge in [0.25, 0.3) is 0 Å². The molecule has 0 fully saturated rings. The monoisotopic (exact) mass is 526 g/mol. The van der Waals surface area contributed by atoms with Gasteiger partial charge in [0, 0.05) is 35.5 Å². The van der Waals surface area contributed by atoms with Gasteiger partial charge < -0.3 is 15.2 Å². The number of pyridine rings is 1. The average molecular weight is 529 g/mol. The molecule has 10 heteroatoms. The molecule has 160 valence electrons. The van der Waals surface area contributed by atoms with Crippen molar-refractivity contribution < 1.29 is 9.84 Å². The average Bonchev–Trinajstić information content (AvgIpc) is 2.68. The van der Waals surface area contributed by atoms with Crippen LogP contribution in [0, 0.1) is 0 Å². The number of rotatable bonds is 6. The maximum atomic E-state index is 8.47. The molecule has 3 rings (SSSR count). The maximum absolute atomic E-state index is 8.47. The van der Waals surface area contributed by atoms with Crippen LogP contribution in [0.5, 0.6) is 11.5 Å². The van der Waals surface area contributed by atoms with Crippen LogP contribution in [0.4, 0.5) is 0 Å². The quantitative estimate of drug-likeness (QED) is 0.324. The highest BCUT2D eigenvalue weighted by molar-refractivity contribution is 6.41. The molecule has 0 unspecified atom stereocenters. The van der Waals surface area contributed by atoms with Crippen LogP contribution in [0.15, 0.2) is 48.8 Å². The van der Waals surface area contributed by atoms with Crippen molar-refractivity contribution in [1.29, 1.82) is 0 Å². The van der Waals surface area contributed by atoms with E-state index in [0.717, 1.165) is 12.1 Å². The molecule has 0 radical (unpaired) electrons. The fraction of sp³-hybridized carbons (Fsp3) is 0.150. The third-order valence-corrected chi connectivity index (χ3v) is 5.03. The van der Waals surface area contributed by atoms with Gasteiger partial charge in [-0.2, -0.15) is 0 Å². The number of hydrogen-bond donors (Lipinski definition) is 2. The Morgan fingerprint density at radius 3 is 1.73 bits per heavy atom. The molecule has 0 aliphatic carbocycles. The molecule has 0 spiro atoms. The molecule has 0 saturated heterocycles. The lowest BCUT2D eigenvalue weighted by Gasteiger charge is -2.12. The standard InChI is InChI=1S/C12H4Cl6O.C8H12N2O/c13-5-1-7(15)11(8(16)2-5)19-12-9(17)3-6(14)4-10(12)18;11-5-4-10-7-8-2-1-3-9-6-8/h1-4H;1-3,6,10-11H,4-5,7H2. The van der Waals surface area contributed by atoms with Crippen molar-refractivity contribution >= 4 is 69.6 Å². The number of aliphatic hydroxyl groups excluding tert-OH is 1. The van der Waals surface area contributed by atoms with Gasteiger partial charge in [0.15, 0.2) is 11.5 Å². The van der Waals surface area contributed by atoms with E-state index in [2.05, 4.69) is 10.3 Å². The summed E-state index contributed by atoms with van der Waals surface area (Å²) in [7, 11) is 0. The molecular weight excluding hydrogens is 513 g/mol. The van der Waals surface area contributed by atoms with E-state index in [4.69, 9.17) is 79.4 Å². The normalized spacial score (nSPS) is 10.4. The summed E-state index contributed by atoms with van der Waals surface area (Å²) in [5.74, 6) is 0.442. The predicted molar refractivity (Wildman–Crippen MR) is 126 cm³/mol. The molecule has 0 aliphatic heterocycles. The molecule has 1 aromatic heterocycles. The summed E-state index contributed by atoms with van der Waals surface area (Å²) in [6, 6.07) is 9.90. The van der Waals surface area contributed by atoms with Crippen LogP contribution in [0.1, 0.15) is 5.56 Å². The number of halogens is 6. The summed E-state index contributed by atoms with van der Waals surface area (Å²) in [5.41, 5.74) is 1.14. The molecule has 4 nitrogen and oxygen atoms in total. The third-order valence-electron chi connectivity index (χ3n) is 3.47.